The SMILES string of the molecule is COc1ccc(CC(O)CN2C[CH]N(Cc3ccc(Cl)cc3Cl)CC2)cc1. The van der Waals surface area contributed by atoms with Crippen molar-refractivity contribution in [1.29, 1.82) is 0 Å². The highest BCUT2D eigenvalue weighted by molar-refractivity contribution is 6.35. The van der Waals surface area contributed by atoms with Crippen molar-refractivity contribution in [3.63, 3.8) is 0 Å². The lowest BCUT2D eigenvalue weighted by Gasteiger charge is -2.35. The number of piperazine rings is 1. The Morgan fingerprint density at radius 1 is 1.11 bits per heavy atom. The third-order valence-corrected chi connectivity index (χ3v) is 5.38. The van der Waals surface area contributed by atoms with Gasteiger partial charge in [-0.3, -0.25) is 9.80 Å². The molecule has 3 rings (SSSR count). The van der Waals surface area contributed by atoms with E-state index in [4.69, 9.17) is 27.9 Å². The second-order valence-corrected chi connectivity index (χ2v) is 7.70. The van der Waals surface area contributed by atoms with E-state index in [-0.39, 0.29) is 6.10 Å². The van der Waals surface area contributed by atoms with Crippen molar-refractivity contribution in [2.45, 2.75) is 19.1 Å². The van der Waals surface area contributed by atoms with Gasteiger partial charge >= 0.3 is 0 Å². The Balaban J connectivity index is 1.43. The predicted molar refractivity (Wildman–Crippen MR) is 110 cm³/mol. The van der Waals surface area contributed by atoms with E-state index in [0.29, 0.717) is 23.0 Å². The van der Waals surface area contributed by atoms with Crippen molar-refractivity contribution in [3.8, 4) is 5.75 Å². The summed E-state index contributed by atoms with van der Waals surface area (Å²) in [5.74, 6) is 0.833. The summed E-state index contributed by atoms with van der Waals surface area (Å²) in [6, 6.07) is 13.5. The number of halogens is 2. The summed E-state index contributed by atoms with van der Waals surface area (Å²) in [5, 5.41) is 11.8. The minimum atomic E-state index is -0.385. The van der Waals surface area contributed by atoms with Crippen LogP contribution in [0.25, 0.3) is 0 Å². The van der Waals surface area contributed by atoms with E-state index in [1.165, 1.54) is 0 Å². The molecule has 2 aromatic rings. The summed E-state index contributed by atoms with van der Waals surface area (Å²) < 4.78 is 5.17. The van der Waals surface area contributed by atoms with E-state index >= 15 is 0 Å². The van der Waals surface area contributed by atoms with E-state index in [9.17, 15) is 5.11 Å². The van der Waals surface area contributed by atoms with E-state index < -0.39 is 0 Å². The molecular weight excluding hydrogens is 383 g/mol. The van der Waals surface area contributed by atoms with Crippen LogP contribution in [0.3, 0.4) is 0 Å². The van der Waals surface area contributed by atoms with Gasteiger partial charge in [0.25, 0.3) is 0 Å². The van der Waals surface area contributed by atoms with Crippen LogP contribution in [-0.2, 0) is 13.0 Å². The molecule has 27 heavy (non-hydrogen) atoms. The fourth-order valence-electron chi connectivity index (χ4n) is 3.26. The number of β-amino-alcohol motifs (C(OH)–C–C–N with tert-alkyl or cyclic N) is 1. The zero-order valence-electron chi connectivity index (χ0n) is 15.4. The van der Waals surface area contributed by atoms with Crippen LogP contribution in [-0.4, -0.2) is 54.3 Å². The predicted octanol–water partition coefficient (Wildman–Crippen LogP) is 3.88. The van der Waals surface area contributed by atoms with Gasteiger partial charge in [-0.2, -0.15) is 0 Å². The molecule has 1 aliphatic heterocycles. The Bertz CT molecular complexity index is 731. The number of aliphatic hydroxyl groups excluding tert-OH is 1. The molecule has 1 unspecified atom stereocenters. The van der Waals surface area contributed by atoms with Crippen LogP contribution in [0.2, 0.25) is 10.0 Å². The average Bonchev–Trinajstić information content (AvgIpc) is 2.66. The molecule has 1 atom stereocenters. The summed E-state index contributed by atoms with van der Waals surface area (Å²) in [6.45, 7) is 6.27. The summed E-state index contributed by atoms with van der Waals surface area (Å²) in [5.41, 5.74) is 2.19. The molecule has 1 saturated heterocycles. The minimum absolute atomic E-state index is 0.385. The number of ether oxygens (including phenoxy) is 1. The normalized spacial score (nSPS) is 17.0. The van der Waals surface area contributed by atoms with Crippen molar-refractivity contribution in [1.82, 2.24) is 9.80 Å². The first-order chi connectivity index (χ1) is 13.0. The average molecular weight is 408 g/mol. The first kappa shape index (κ1) is 20.4. The Hall–Kier alpha value is -1.30. The lowest BCUT2D eigenvalue weighted by atomic mass is 10.1. The van der Waals surface area contributed by atoms with Gasteiger partial charge in [0.05, 0.1) is 13.2 Å². The van der Waals surface area contributed by atoms with Gasteiger partial charge in [0.2, 0.25) is 0 Å². The smallest absolute Gasteiger partial charge is 0.118 e. The lowest BCUT2D eigenvalue weighted by Crippen LogP contribution is -2.45. The molecule has 0 aromatic heterocycles. The molecule has 1 radical (unpaired) electrons. The molecule has 1 aliphatic rings. The van der Waals surface area contributed by atoms with Gasteiger partial charge < -0.3 is 9.84 Å². The molecule has 0 aliphatic carbocycles. The number of rotatable bonds is 7. The molecule has 0 bridgehead atoms. The summed E-state index contributed by atoms with van der Waals surface area (Å²) >= 11 is 12.2. The molecule has 0 saturated carbocycles. The van der Waals surface area contributed by atoms with Gasteiger partial charge in [-0.05, 0) is 41.8 Å². The number of methoxy groups -OCH3 is 1. The molecule has 2 aromatic carbocycles. The number of hydrogen-bond donors (Lipinski definition) is 1. The minimum Gasteiger partial charge on any atom is -0.497 e. The fraction of sp³-hybridized carbons (Fsp3) is 0.381. The van der Waals surface area contributed by atoms with Crippen LogP contribution >= 0.6 is 23.2 Å². The van der Waals surface area contributed by atoms with Gasteiger partial charge in [0.15, 0.2) is 0 Å². The van der Waals surface area contributed by atoms with Crippen molar-refractivity contribution in [3.05, 3.63) is 70.2 Å². The van der Waals surface area contributed by atoms with Gasteiger partial charge in [0, 0.05) is 49.3 Å². The number of hydrogen-bond acceptors (Lipinski definition) is 4. The third-order valence-electron chi connectivity index (χ3n) is 4.79. The van der Waals surface area contributed by atoms with Gasteiger partial charge in [-0.15, -0.1) is 0 Å². The molecule has 1 N–H and O–H groups in total. The summed E-state index contributed by atoms with van der Waals surface area (Å²) in [4.78, 5) is 4.54. The summed E-state index contributed by atoms with van der Waals surface area (Å²) in [6.07, 6.45) is 0.258. The zero-order valence-corrected chi connectivity index (χ0v) is 17.0. The molecule has 145 valence electrons. The molecule has 6 heteroatoms. The maximum Gasteiger partial charge on any atom is 0.118 e. The standard InChI is InChI=1S/C21H25Cl2N2O2/c1-27-20-6-2-16(3-7-20)12-19(26)15-25-10-8-24(9-11-25)14-17-4-5-18(22)13-21(17)23/h2-8,13,19,26H,9-12,14-15H2,1H3. The molecule has 1 fully saturated rings. The Labute approximate surface area is 171 Å². The van der Waals surface area contributed by atoms with E-state index in [0.717, 1.165) is 43.1 Å². The van der Waals surface area contributed by atoms with Crippen LogP contribution in [0, 0.1) is 6.54 Å². The number of aliphatic hydroxyl groups is 1. The quantitative estimate of drug-likeness (QED) is 0.754. The Morgan fingerprint density at radius 3 is 2.52 bits per heavy atom. The molecular formula is C21H25Cl2N2O2. The topological polar surface area (TPSA) is 35.9 Å². The van der Waals surface area contributed by atoms with Crippen LogP contribution in [0.4, 0.5) is 0 Å². The van der Waals surface area contributed by atoms with Crippen molar-refractivity contribution in [2.24, 2.45) is 0 Å². The zero-order chi connectivity index (χ0) is 19.2. The molecule has 4 nitrogen and oxygen atoms in total. The van der Waals surface area contributed by atoms with Gasteiger partial charge in [-0.1, -0.05) is 41.4 Å². The van der Waals surface area contributed by atoms with Crippen LogP contribution < -0.4 is 4.74 Å². The number of benzene rings is 2. The Morgan fingerprint density at radius 2 is 1.89 bits per heavy atom. The van der Waals surface area contributed by atoms with E-state index in [1.807, 2.05) is 36.4 Å². The lowest BCUT2D eigenvalue weighted by molar-refractivity contribution is 0.0875. The second kappa shape index (κ2) is 9.76. The van der Waals surface area contributed by atoms with E-state index in [2.05, 4.69) is 16.3 Å². The highest BCUT2D eigenvalue weighted by atomic mass is 35.5. The van der Waals surface area contributed by atoms with Crippen molar-refractivity contribution in [2.75, 3.05) is 33.3 Å². The molecule has 0 spiro atoms. The fourth-order valence-corrected chi connectivity index (χ4v) is 3.73. The second-order valence-electron chi connectivity index (χ2n) is 6.85. The largest absolute Gasteiger partial charge is 0.497 e. The van der Waals surface area contributed by atoms with E-state index in [1.54, 1.807) is 13.2 Å². The first-order valence-corrected chi connectivity index (χ1v) is 9.84. The highest BCUT2D eigenvalue weighted by Crippen LogP contribution is 2.23. The molecule has 0 amide bonds. The third kappa shape index (κ3) is 6.09. The van der Waals surface area contributed by atoms with Crippen LogP contribution in [0.5, 0.6) is 5.75 Å². The van der Waals surface area contributed by atoms with Crippen molar-refractivity contribution < 1.29 is 9.84 Å². The number of nitrogens with zero attached hydrogens (tertiary/aromatic N) is 2. The first-order valence-electron chi connectivity index (χ1n) is 9.08. The maximum absolute atomic E-state index is 10.4. The molecule has 1 heterocycles. The summed E-state index contributed by atoms with van der Waals surface area (Å²) in [7, 11) is 1.65. The van der Waals surface area contributed by atoms with Gasteiger partial charge in [0.1, 0.15) is 5.75 Å². The Kier molecular flexibility index (Phi) is 7.39. The highest BCUT2D eigenvalue weighted by Gasteiger charge is 2.20. The van der Waals surface area contributed by atoms with Crippen LogP contribution in [0.1, 0.15) is 11.1 Å². The van der Waals surface area contributed by atoms with Gasteiger partial charge in [-0.25, -0.2) is 0 Å². The van der Waals surface area contributed by atoms with Crippen molar-refractivity contribution >= 4 is 23.2 Å². The monoisotopic (exact) mass is 407 g/mol. The maximum atomic E-state index is 10.4. The van der Waals surface area contributed by atoms with Crippen LogP contribution in [0.15, 0.2) is 42.5 Å².